The van der Waals surface area contributed by atoms with Gasteiger partial charge in [-0.3, -0.25) is 4.21 Å². The third kappa shape index (κ3) is 6.18. The first-order valence-electron chi connectivity index (χ1n) is 11.1. The number of aromatic nitrogens is 2. The molecule has 178 valence electrons. The Hall–Kier alpha value is -2.39. The normalized spacial score (nSPS) is 13.3. The van der Waals surface area contributed by atoms with E-state index in [9.17, 15) is 9.47 Å². The van der Waals surface area contributed by atoms with Crippen LogP contribution < -0.4 is 0 Å². The average molecular weight is 515 g/mol. The molecule has 2 aromatic carbocycles. The predicted molar refractivity (Wildman–Crippen MR) is 143 cm³/mol. The van der Waals surface area contributed by atoms with Crippen LogP contribution in [0.5, 0.6) is 0 Å². The number of aryl methyl sites for hydroxylation is 2. The van der Waals surface area contributed by atoms with Crippen LogP contribution in [0.3, 0.4) is 0 Å². The lowest BCUT2D eigenvalue weighted by Crippen LogP contribution is -2.19. The molecule has 1 aromatic heterocycles. The maximum atomic E-state index is 12.1. The first-order valence-corrected chi connectivity index (χ1v) is 14.1. The quantitative estimate of drug-likeness (QED) is 0.200. The third-order valence-corrected chi connectivity index (χ3v) is 7.59. The molecule has 7 heteroatoms. The van der Waals surface area contributed by atoms with E-state index in [0.29, 0.717) is 28.0 Å². The predicted octanol–water partition coefficient (Wildman–Crippen LogP) is 5.99. The first-order chi connectivity index (χ1) is 16.1. The Balaban J connectivity index is 1.79. The molecular weight excluding hydrogens is 485 g/mol. The second-order valence-corrected chi connectivity index (χ2v) is 12.2. The largest absolute Gasteiger partial charge is 0.260 e. The Morgan fingerprint density at radius 2 is 1.79 bits per heavy atom. The van der Waals surface area contributed by atoms with Crippen LogP contribution in [0.4, 0.5) is 0 Å². The van der Waals surface area contributed by atoms with Gasteiger partial charge >= 0.3 is 0 Å². The number of hydrogen-bond acceptors (Lipinski definition) is 4. The highest BCUT2D eigenvalue weighted by Crippen LogP contribution is 2.35. The molecule has 0 amide bonds. The van der Waals surface area contributed by atoms with Gasteiger partial charge in [0.15, 0.2) is 0 Å². The lowest BCUT2D eigenvalue weighted by Gasteiger charge is -2.27. The monoisotopic (exact) mass is 513 g/mol. The van der Waals surface area contributed by atoms with E-state index in [1.54, 1.807) is 12.5 Å². The van der Waals surface area contributed by atoms with E-state index < -0.39 is 9.52 Å². The summed E-state index contributed by atoms with van der Waals surface area (Å²) >= 11 is 12.4. The van der Waals surface area contributed by atoms with Crippen molar-refractivity contribution < 1.29 is 4.21 Å². The molecule has 0 N–H and O–H groups in total. The molecule has 0 saturated heterocycles. The van der Waals surface area contributed by atoms with E-state index in [2.05, 4.69) is 60.0 Å². The van der Waals surface area contributed by atoms with Crippen molar-refractivity contribution in [1.82, 2.24) is 9.97 Å². The van der Waals surface area contributed by atoms with Crippen LogP contribution in [0.15, 0.2) is 53.8 Å². The molecule has 3 rings (SSSR count). The van der Waals surface area contributed by atoms with Crippen molar-refractivity contribution >= 4 is 38.6 Å². The number of alkyl halides is 1. The SMILES string of the molecule is C=S(C)(=O)c1nccc(CCc2ccc(C(C)(C)c3cc(Cl)c(CCCCl)c(C#N)c3)cc2)n1. The Morgan fingerprint density at radius 3 is 2.41 bits per heavy atom. The van der Waals surface area contributed by atoms with Gasteiger partial charge in [-0.25, -0.2) is 9.97 Å². The molecule has 0 saturated carbocycles. The molecule has 34 heavy (non-hydrogen) atoms. The van der Waals surface area contributed by atoms with Crippen LogP contribution in [0, 0.1) is 11.3 Å². The molecule has 0 aliphatic carbocycles. The van der Waals surface area contributed by atoms with E-state index in [4.69, 9.17) is 23.2 Å². The fraction of sp³-hybridized carbons (Fsp3) is 0.333. The van der Waals surface area contributed by atoms with Crippen molar-refractivity contribution in [1.29, 1.82) is 5.26 Å². The number of rotatable bonds is 9. The lowest BCUT2D eigenvalue weighted by atomic mass is 9.77. The molecule has 0 aliphatic rings. The molecule has 0 spiro atoms. The van der Waals surface area contributed by atoms with Gasteiger partial charge in [-0.2, -0.15) is 5.26 Å². The maximum Gasteiger partial charge on any atom is 0.210 e. The fourth-order valence-electron chi connectivity index (χ4n) is 3.85. The van der Waals surface area contributed by atoms with Gasteiger partial charge in [0.1, 0.15) is 0 Å². The third-order valence-electron chi connectivity index (χ3n) is 6.02. The molecule has 0 bridgehead atoms. The summed E-state index contributed by atoms with van der Waals surface area (Å²) in [6.45, 7) is 4.27. The van der Waals surface area contributed by atoms with E-state index >= 15 is 0 Å². The van der Waals surface area contributed by atoms with Crippen LogP contribution in [-0.2, 0) is 34.2 Å². The van der Waals surface area contributed by atoms with Crippen LogP contribution in [0.1, 0.15) is 53.8 Å². The molecule has 0 aliphatic heterocycles. The van der Waals surface area contributed by atoms with Crippen molar-refractivity contribution in [3.05, 3.63) is 87.2 Å². The highest BCUT2D eigenvalue weighted by molar-refractivity contribution is 7.99. The fourth-order valence-corrected chi connectivity index (χ4v) is 4.89. The smallest absolute Gasteiger partial charge is 0.210 e. The van der Waals surface area contributed by atoms with Crippen LogP contribution >= 0.6 is 23.2 Å². The van der Waals surface area contributed by atoms with Crippen LogP contribution in [0.25, 0.3) is 0 Å². The number of hydrogen-bond donors (Lipinski definition) is 0. The number of nitriles is 1. The first kappa shape index (κ1) is 26.2. The Labute approximate surface area is 213 Å². The zero-order valence-electron chi connectivity index (χ0n) is 19.8. The second kappa shape index (κ2) is 10.9. The molecule has 1 atom stereocenters. The number of benzene rings is 2. The minimum absolute atomic E-state index is 0.297. The van der Waals surface area contributed by atoms with E-state index in [1.165, 1.54) is 5.56 Å². The minimum Gasteiger partial charge on any atom is -0.260 e. The van der Waals surface area contributed by atoms with E-state index in [-0.39, 0.29) is 5.41 Å². The van der Waals surface area contributed by atoms with Gasteiger partial charge in [-0.15, -0.1) is 11.6 Å². The van der Waals surface area contributed by atoms with Gasteiger partial charge in [0.05, 0.1) is 11.6 Å². The zero-order valence-corrected chi connectivity index (χ0v) is 22.1. The summed E-state index contributed by atoms with van der Waals surface area (Å²) in [6.07, 6.45) is 6.19. The summed E-state index contributed by atoms with van der Waals surface area (Å²) in [5.41, 5.74) is 5.32. The summed E-state index contributed by atoms with van der Waals surface area (Å²) in [4.78, 5) is 8.50. The van der Waals surface area contributed by atoms with E-state index in [1.807, 2.05) is 18.2 Å². The Morgan fingerprint density at radius 1 is 1.09 bits per heavy atom. The zero-order chi connectivity index (χ0) is 24.9. The molecular formula is C27H29Cl2N3OS. The molecule has 1 heterocycles. The van der Waals surface area contributed by atoms with Crippen molar-refractivity contribution in [2.75, 3.05) is 12.1 Å². The molecule has 0 radical (unpaired) electrons. The van der Waals surface area contributed by atoms with E-state index in [0.717, 1.165) is 41.6 Å². The van der Waals surface area contributed by atoms with Gasteiger partial charge in [0, 0.05) is 44.0 Å². The molecule has 1 unspecified atom stereocenters. The van der Waals surface area contributed by atoms with Crippen LogP contribution in [-0.4, -0.2) is 32.2 Å². The lowest BCUT2D eigenvalue weighted by molar-refractivity contribution is 0.639. The summed E-state index contributed by atoms with van der Waals surface area (Å²) in [5, 5.41) is 10.6. The summed E-state index contributed by atoms with van der Waals surface area (Å²) in [5.74, 6) is 4.20. The van der Waals surface area contributed by atoms with Gasteiger partial charge in [-0.05, 0) is 72.0 Å². The van der Waals surface area contributed by atoms with Crippen molar-refractivity contribution in [2.45, 2.75) is 50.1 Å². The highest BCUT2D eigenvalue weighted by Gasteiger charge is 2.25. The molecule has 0 fully saturated rings. The minimum atomic E-state index is -2.43. The second-order valence-electron chi connectivity index (χ2n) is 9.05. The van der Waals surface area contributed by atoms with Crippen molar-refractivity contribution in [3.63, 3.8) is 0 Å². The molecule has 3 aromatic rings. The molecule has 4 nitrogen and oxygen atoms in total. The highest BCUT2D eigenvalue weighted by atomic mass is 35.5. The summed E-state index contributed by atoms with van der Waals surface area (Å²) in [7, 11) is -2.43. The number of nitrogens with zero attached hydrogens (tertiary/aromatic N) is 3. The Kier molecular flexibility index (Phi) is 8.41. The topological polar surface area (TPSA) is 66.6 Å². The van der Waals surface area contributed by atoms with Gasteiger partial charge in [0.25, 0.3) is 0 Å². The Bertz CT molecular complexity index is 1310. The van der Waals surface area contributed by atoms with Gasteiger partial charge in [-0.1, -0.05) is 49.7 Å². The van der Waals surface area contributed by atoms with Crippen molar-refractivity contribution in [2.24, 2.45) is 0 Å². The summed E-state index contributed by atoms with van der Waals surface area (Å²) in [6, 6.07) is 16.5. The number of halogens is 2. The van der Waals surface area contributed by atoms with Gasteiger partial charge < -0.3 is 0 Å². The maximum absolute atomic E-state index is 12.1. The van der Waals surface area contributed by atoms with Crippen LogP contribution in [0.2, 0.25) is 5.02 Å². The summed E-state index contributed by atoms with van der Waals surface area (Å²) < 4.78 is 12.1. The van der Waals surface area contributed by atoms with Crippen molar-refractivity contribution in [3.8, 4) is 6.07 Å². The standard InChI is InChI=1S/C27H29Cl2N3OS/c1-27(2,22-16-20(18-30)24(6-5-14-28)25(29)17-22)21-10-7-19(8-11-21)9-12-23-13-15-31-26(32-23)34(3,4)33/h7-8,10-11,13,15-17H,3,5-6,9,12,14H2,1-2,4H3. The van der Waals surface area contributed by atoms with Gasteiger partial charge in [0.2, 0.25) is 5.16 Å². The average Bonchev–Trinajstić information content (AvgIpc) is 2.81.